The van der Waals surface area contributed by atoms with Crippen LogP contribution in [0.15, 0.2) is 108 Å². The highest BCUT2D eigenvalue weighted by Gasteiger charge is 2.16. The number of para-hydroxylation sites is 2. The Morgan fingerprint density at radius 3 is 2.21 bits per heavy atom. The zero-order valence-electron chi connectivity index (χ0n) is 18.5. The first kappa shape index (κ1) is 23.0. The van der Waals surface area contributed by atoms with Crippen LogP contribution in [0.2, 0.25) is 0 Å². The molecule has 0 aliphatic carbocycles. The van der Waals surface area contributed by atoms with Crippen molar-refractivity contribution in [3.63, 3.8) is 0 Å². The molecule has 0 fully saturated rings. The highest BCUT2D eigenvalue weighted by Crippen LogP contribution is 2.26. The minimum absolute atomic E-state index is 0.0591. The molecule has 4 rings (SSSR count). The van der Waals surface area contributed by atoms with E-state index < -0.39 is 10.0 Å². The van der Waals surface area contributed by atoms with Gasteiger partial charge in [0.25, 0.3) is 15.9 Å². The number of nitrogens with one attached hydrogen (secondary N) is 2. The Hall–Kier alpha value is -4.17. The topological polar surface area (TPSA) is 91.4 Å². The van der Waals surface area contributed by atoms with Crippen molar-refractivity contribution in [1.29, 1.82) is 0 Å². The zero-order valence-corrected chi connectivity index (χ0v) is 19.4. The quantitative estimate of drug-likeness (QED) is 0.385. The van der Waals surface area contributed by atoms with Gasteiger partial charge in [-0.1, -0.05) is 42.5 Å². The van der Waals surface area contributed by atoms with Gasteiger partial charge in [-0.15, -0.1) is 0 Å². The van der Waals surface area contributed by atoms with E-state index in [1.165, 1.54) is 36.7 Å². The second kappa shape index (κ2) is 10.2. The third-order valence-electron chi connectivity index (χ3n) is 5.19. The Bertz CT molecular complexity index is 1360. The summed E-state index contributed by atoms with van der Waals surface area (Å²) in [6, 6.07) is 26.6. The lowest BCUT2D eigenvalue weighted by Crippen LogP contribution is -2.20. The lowest BCUT2D eigenvalue weighted by Gasteiger charge is -2.23. The molecule has 2 N–H and O–H groups in total. The average Bonchev–Trinajstić information content (AvgIpc) is 2.85. The molecule has 1 aromatic heterocycles. The molecule has 1 heterocycles. The molecular weight excluding hydrogens is 448 g/mol. The van der Waals surface area contributed by atoms with E-state index in [1.54, 1.807) is 12.1 Å². The average molecular weight is 473 g/mol. The zero-order chi connectivity index (χ0) is 24.0. The van der Waals surface area contributed by atoms with Crippen molar-refractivity contribution < 1.29 is 13.2 Å². The van der Waals surface area contributed by atoms with Crippen LogP contribution in [0.4, 0.5) is 17.1 Å². The number of pyridine rings is 1. The lowest BCUT2D eigenvalue weighted by molar-refractivity contribution is 0.102. The van der Waals surface area contributed by atoms with Gasteiger partial charge < -0.3 is 10.2 Å². The van der Waals surface area contributed by atoms with Crippen LogP contribution in [0.1, 0.15) is 15.9 Å². The van der Waals surface area contributed by atoms with Crippen LogP contribution < -0.4 is 14.9 Å². The smallest absolute Gasteiger partial charge is 0.261 e. The van der Waals surface area contributed by atoms with Gasteiger partial charge in [0.2, 0.25) is 0 Å². The maximum Gasteiger partial charge on any atom is 0.261 e. The largest absolute Gasteiger partial charge is 0.369 e. The van der Waals surface area contributed by atoms with Crippen LogP contribution in [-0.2, 0) is 16.6 Å². The van der Waals surface area contributed by atoms with Gasteiger partial charge in [-0.05, 0) is 54.1 Å². The summed E-state index contributed by atoms with van der Waals surface area (Å²) in [5.41, 5.74) is 3.46. The van der Waals surface area contributed by atoms with Crippen LogP contribution in [0.3, 0.4) is 0 Å². The van der Waals surface area contributed by atoms with Gasteiger partial charge in [0.1, 0.15) is 0 Å². The molecule has 1 amide bonds. The Morgan fingerprint density at radius 1 is 0.853 bits per heavy atom. The van der Waals surface area contributed by atoms with Crippen molar-refractivity contribution in [2.24, 2.45) is 0 Å². The Morgan fingerprint density at radius 2 is 1.50 bits per heavy atom. The Kier molecular flexibility index (Phi) is 6.89. The van der Waals surface area contributed by atoms with Crippen LogP contribution in [0, 0.1) is 0 Å². The second-order valence-corrected chi connectivity index (χ2v) is 9.36. The highest BCUT2D eigenvalue weighted by atomic mass is 32.2. The first-order valence-corrected chi connectivity index (χ1v) is 12.1. The van der Waals surface area contributed by atoms with E-state index in [2.05, 4.69) is 32.1 Å². The van der Waals surface area contributed by atoms with E-state index >= 15 is 0 Å². The van der Waals surface area contributed by atoms with Crippen molar-refractivity contribution in [2.75, 3.05) is 22.0 Å². The van der Waals surface area contributed by atoms with Crippen LogP contribution >= 0.6 is 0 Å². The fraction of sp³-hybridized carbons (Fsp3) is 0.0769. The van der Waals surface area contributed by atoms with Crippen molar-refractivity contribution in [1.82, 2.24) is 4.98 Å². The molecule has 0 saturated heterocycles. The molecule has 4 aromatic rings. The van der Waals surface area contributed by atoms with E-state index in [4.69, 9.17) is 0 Å². The molecule has 0 aliphatic rings. The highest BCUT2D eigenvalue weighted by molar-refractivity contribution is 7.92. The summed E-state index contributed by atoms with van der Waals surface area (Å²) in [4.78, 5) is 18.9. The SMILES string of the molecule is CN(Cc1ccccc1)c1ccccc1NC(=O)c1ccc(S(=O)(=O)Nc2ccncc2)cc1. The summed E-state index contributed by atoms with van der Waals surface area (Å²) in [5.74, 6) is -0.327. The van der Waals surface area contributed by atoms with Crippen LogP contribution in [-0.4, -0.2) is 26.4 Å². The van der Waals surface area contributed by atoms with E-state index in [0.717, 1.165) is 11.3 Å². The van der Waals surface area contributed by atoms with Gasteiger partial charge in [-0.2, -0.15) is 0 Å². The number of nitrogens with zero attached hydrogens (tertiary/aromatic N) is 2. The fourth-order valence-corrected chi connectivity index (χ4v) is 4.53. The van der Waals surface area contributed by atoms with Crippen molar-refractivity contribution in [2.45, 2.75) is 11.4 Å². The number of aromatic nitrogens is 1. The number of carbonyl (C=O) groups excluding carboxylic acids is 1. The minimum atomic E-state index is -3.78. The normalized spacial score (nSPS) is 11.0. The molecule has 172 valence electrons. The van der Waals surface area contributed by atoms with Gasteiger partial charge in [-0.3, -0.25) is 14.5 Å². The van der Waals surface area contributed by atoms with E-state index in [9.17, 15) is 13.2 Å². The molecule has 0 unspecified atom stereocenters. The fourth-order valence-electron chi connectivity index (χ4n) is 3.47. The molecule has 0 atom stereocenters. The van der Waals surface area contributed by atoms with E-state index in [1.807, 2.05) is 49.5 Å². The van der Waals surface area contributed by atoms with Crippen LogP contribution in [0.25, 0.3) is 0 Å². The molecular formula is C26H24N4O3S. The number of benzene rings is 3. The minimum Gasteiger partial charge on any atom is -0.369 e. The summed E-state index contributed by atoms with van der Waals surface area (Å²) < 4.78 is 27.7. The summed E-state index contributed by atoms with van der Waals surface area (Å²) in [7, 11) is -1.81. The van der Waals surface area contributed by atoms with Gasteiger partial charge in [0.05, 0.1) is 22.0 Å². The summed E-state index contributed by atoms with van der Waals surface area (Å²) in [6.07, 6.45) is 3.00. The number of rotatable bonds is 8. The van der Waals surface area contributed by atoms with Gasteiger partial charge >= 0.3 is 0 Å². The van der Waals surface area contributed by atoms with Crippen LogP contribution in [0.5, 0.6) is 0 Å². The molecule has 0 saturated carbocycles. The first-order chi connectivity index (χ1) is 16.4. The number of hydrogen-bond acceptors (Lipinski definition) is 5. The van der Waals surface area contributed by atoms with Gasteiger partial charge in [-0.25, -0.2) is 8.42 Å². The van der Waals surface area contributed by atoms with Gasteiger partial charge in [0.15, 0.2) is 0 Å². The van der Waals surface area contributed by atoms with E-state index in [0.29, 0.717) is 23.5 Å². The van der Waals surface area contributed by atoms with Gasteiger partial charge in [0, 0.05) is 31.5 Å². The van der Waals surface area contributed by atoms with E-state index in [-0.39, 0.29) is 10.8 Å². The Labute approximate surface area is 199 Å². The maximum atomic E-state index is 12.9. The standard InChI is InChI=1S/C26H24N4O3S/c1-30(19-20-7-3-2-4-8-20)25-10-6-5-9-24(25)28-26(31)21-11-13-23(14-12-21)34(32,33)29-22-15-17-27-18-16-22/h2-18H,19H2,1H3,(H,27,29)(H,28,31). The number of sulfonamides is 1. The molecule has 0 radical (unpaired) electrons. The molecule has 3 aromatic carbocycles. The number of anilines is 3. The molecule has 0 spiro atoms. The van der Waals surface area contributed by atoms with Crippen molar-refractivity contribution in [3.8, 4) is 0 Å². The molecule has 34 heavy (non-hydrogen) atoms. The molecule has 0 bridgehead atoms. The lowest BCUT2D eigenvalue weighted by atomic mass is 10.1. The maximum absolute atomic E-state index is 12.9. The number of amides is 1. The third kappa shape index (κ3) is 5.60. The molecule has 7 nitrogen and oxygen atoms in total. The molecule has 0 aliphatic heterocycles. The number of carbonyl (C=O) groups is 1. The van der Waals surface area contributed by atoms with Crippen molar-refractivity contribution in [3.05, 3.63) is 115 Å². The van der Waals surface area contributed by atoms with Crippen molar-refractivity contribution >= 4 is 33.0 Å². The summed E-state index contributed by atoms with van der Waals surface area (Å²) >= 11 is 0. The summed E-state index contributed by atoms with van der Waals surface area (Å²) in [6.45, 7) is 0.685. The predicted octanol–water partition coefficient (Wildman–Crippen LogP) is 4.77. The first-order valence-electron chi connectivity index (χ1n) is 10.6. The third-order valence-corrected chi connectivity index (χ3v) is 6.58. The summed E-state index contributed by atoms with van der Waals surface area (Å²) in [5, 5.41) is 2.94. The Balaban J connectivity index is 1.47. The monoisotopic (exact) mass is 472 g/mol. The number of hydrogen-bond donors (Lipinski definition) is 2. The predicted molar refractivity (Wildman–Crippen MR) is 134 cm³/mol. The molecule has 8 heteroatoms. The second-order valence-electron chi connectivity index (χ2n) is 7.68.